The van der Waals surface area contributed by atoms with Crippen LogP contribution in [0.25, 0.3) is 0 Å². The van der Waals surface area contributed by atoms with Gasteiger partial charge in [0.2, 0.25) is 5.95 Å². The molecule has 0 radical (unpaired) electrons. The van der Waals surface area contributed by atoms with Gasteiger partial charge in [0.25, 0.3) is 5.91 Å². The number of amides is 1. The fourth-order valence-corrected chi connectivity index (χ4v) is 3.64. The number of nitrogens with zero attached hydrogens (tertiary/aromatic N) is 3. The van der Waals surface area contributed by atoms with E-state index in [2.05, 4.69) is 38.4 Å². The molecule has 1 aliphatic carbocycles. The van der Waals surface area contributed by atoms with Gasteiger partial charge in [0.15, 0.2) is 0 Å². The third kappa shape index (κ3) is 2.98. The number of carbonyl (C=O) groups excluding carboxylic acids is 1. The van der Waals surface area contributed by atoms with Crippen LogP contribution in [0.15, 0.2) is 36.7 Å². The minimum absolute atomic E-state index is 0.0599. The molecule has 2 heterocycles. The smallest absolute Gasteiger partial charge is 0.254 e. The molecule has 1 aromatic heterocycles. The standard InChI is InChI=1S/C19H22N4O/c24-18(22-16-7-2-1-3-8-16)15-12-20-19(21-13-15)23-11-10-14-6-4-5-9-17(14)23/h4-6,9,12-13,16H,1-3,7-8,10-11H2,(H,22,24). The van der Waals surface area contributed by atoms with Crippen molar-refractivity contribution in [1.29, 1.82) is 0 Å². The predicted molar refractivity (Wildman–Crippen MR) is 93.5 cm³/mol. The van der Waals surface area contributed by atoms with Crippen molar-refractivity contribution in [3.63, 3.8) is 0 Å². The van der Waals surface area contributed by atoms with Crippen LogP contribution in [0.2, 0.25) is 0 Å². The number of hydrogen-bond donors (Lipinski definition) is 1. The molecule has 0 bridgehead atoms. The average molecular weight is 322 g/mol. The lowest BCUT2D eigenvalue weighted by Gasteiger charge is -2.22. The highest BCUT2D eigenvalue weighted by atomic mass is 16.1. The Bertz CT molecular complexity index is 722. The quantitative estimate of drug-likeness (QED) is 0.942. The molecule has 2 aliphatic rings. The van der Waals surface area contributed by atoms with E-state index in [0.717, 1.165) is 31.5 Å². The monoisotopic (exact) mass is 322 g/mol. The maximum absolute atomic E-state index is 12.3. The van der Waals surface area contributed by atoms with Crippen molar-refractivity contribution in [3.05, 3.63) is 47.8 Å². The number of anilines is 2. The topological polar surface area (TPSA) is 58.1 Å². The molecule has 1 aromatic carbocycles. The summed E-state index contributed by atoms with van der Waals surface area (Å²) in [6.07, 6.45) is 10.1. The second kappa shape index (κ2) is 6.59. The fourth-order valence-electron chi connectivity index (χ4n) is 3.64. The lowest BCUT2D eigenvalue weighted by Crippen LogP contribution is -2.36. The Morgan fingerprint density at radius 1 is 1.08 bits per heavy atom. The van der Waals surface area contributed by atoms with Crippen molar-refractivity contribution in [2.75, 3.05) is 11.4 Å². The largest absolute Gasteiger partial charge is 0.349 e. The Kier molecular flexibility index (Phi) is 4.15. The summed E-state index contributed by atoms with van der Waals surface area (Å²) >= 11 is 0. The van der Waals surface area contributed by atoms with Gasteiger partial charge in [-0.25, -0.2) is 9.97 Å². The van der Waals surface area contributed by atoms with E-state index < -0.39 is 0 Å². The molecular weight excluding hydrogens is 300 g/mol. The molecule has 1 fully saturated rings. The van der Waals surface area contributed by atoms with Crippen LogP contribution in [-0.2, 0) is 6.42 Å². The predicted octanol–water partition coefficient (Wildman–Crippen LogP) is 3.23. The summed E-state index contributed by atoms with van der Waals surface area (Å²) in [5.41, 5.74) is 3.02. The van der Waals surface area contributed by atoms with Gasteiger partial charge in [-0.2, -0.15) is 0 Å². The van der Waals surface area contributed by atoms with Gasteiger partial charge >= 0.3 is 0 Å². The molecule has 0 atom stereocenters. The van der Waals surface area contributed by atoms with Crippen LogP contribution < -0.4 is 10.2 Å². The van der Waals surface area contributed by atoms with Gasteiger partial charge in [0.1, 0.15) is 0 Å². The van der Waals surface area contributed by atoms with E-state index in [1.165, 1.54) is 24.8 Å². The molecular formula is C19H22N4O. The minimum atomic E-state index is -0.0599. The molecule has 1 amide bonds. The molecule has 1 saturated carbocycles. The zero-order valence-electron chi connectivity index (χ0n) is 13.7. The number of fused-ring (bicyclic) bond motifs is 1. The number of benzene rings is 1. The molecule has 2 aromatic rings. The third-order valence-electron chi connectivity index (χ3n) is 4.97. The number of nitrogens with one attached hydrogen (secondary N) is 1. The van der Waals surface area contributed by atoms with E-state index in [4.69, 9.17) is 0 Å². The highest BCUT2D eigenvalue weighted by molar-refractivity contribution is 5.93. The molecule has 1 aliphatic heterocycles. The van der Waals surface area contributed by atoms with Crippen LogP contribution in [0.3, 0.4) is 0 Å². The second-order valence-corrected chi connectivity index (χ2v) is 6.61. The van der Waals surface area contributed by atoms with Gasteiger partial charge < -0.3 is 10.2 Å². The van der Waals surface area contributed by atoms with Gasteiger partial charge in [0.05, 0.1) is 5.56 Å². The Labute approximate surface area is 142 Å². The zero-order valence-corrected chi connectivity index (χ0v) is 13.7. The van der Waals surface area contributed by atoms with Gasteiger partial charge in [0, 0.05) is 30.7 Å². The number of hydrogen-bond acceptors (Lipinski definition) is 4. The molecule has 24 heavy (non-hydrogen) atoms. The summed E-state index contributed by atoms with van der Waals surface area (Å²) in [5, 5.41) is 3.11. The van der Waals surface area contributed by atoms with Gasteiger partial charge in [-0.15, -0.1) is 0 Å². The fraction of sp³-hybridized carbons (Fsp3) is 0.421. The maximum atomic E-state index is 12.3. The van der Waals surface area contributed by atoms with Crippen molar-refractivity contribution in [3.8, 4) is 0 Å². The first-order chi connectivity index (χ1) is 11.8. The summed E-state index contributed by atoms with van der Waals surface area (Å²) in [6, 6.07) is 8.62. The van der Waals surface area contributed by atoms with Crippen molar-refractivity contribution in [1.82, 2.24) is 15.3 Å². The first-order valence-electron chi connectivity index (χ1n) is 8.79. The zero-order chi connectivity index (χ0) is 16.4. The summed E-state index contributed by atoms with van der Waals surface area (Å²) < 4.78 is 0. The summed E-state index contributed by atoms with van der Waals surface area (Å²) in [7, 11) is 0. The Morgan fingerprint density at radius 2 is 1.83 bits per heavy atom. The van der Waals surface area contributed by atoms with Crippen molar-refractivity contribution >= 4 is 17.5 Å². The van der Waals surface area contributed by atoms with Gasteiger partial charge in [-0.1, -0.05) is 37.5 Å². The third-order valence-corrected chi connectivity index (χ3v) is 4.97. The normalized spacial score (nSPS) is 17.6. The summed E-state index contributed by atoms with van der Waals surface area (Å²) in [6.45, 7) is 0.882. The molecule has 5 heteroatoms. The van der Waals surface area contributed by atoms with Gasteiger partial charge in [-0.3, -0.25) is 4.79 Å². The molecule has 0 saturated heterocycles. The highest BCUT2D eigenvalue weighted by Crippen LogP contribution is 2.31. The highest BCUT2D eigenvalue weighted by Gasteiger charge is 2.22. The lowest BCUT2D eigenvalue weighted by molar-refractivity contribution is 0.0927. The van der Waals surface area contributed by atoms with Crippen molar-refractivity contribution in [2.45, 2.75) is 44.6 Å². The van der Waals surface area contributed by atoms with Crippen LogP contribution in [0.1, 0.15) is 48.0 Å². The van der Waals surface area contributed by atoms with E-state index in [-0.39, 0.29) is 5.91 Å². The first kappa shape index (κ1) is 15.1. The van der Waals surface area contributed by atoms with Crippen LogP contribution in [-0.4, -0.2) is 28.5 Å². The molecule has 4 rings (SSSR count). The summed E-state index contributed by atoms with van der Waals surface area (Å²) in [5.74, 6) is 0.601. The minimum Gasteiger partial charge on any atom is -0.349 e. The molecule has 0 unspecified atom stereocenters. The molecule has 0 spiro atoms. The van der Waals surface area contributed by atoms with E-state index in [1.807, 2.05) is 6.07 Å². The maximum Gasteiger partial charge on any atom is 0.254 e. The Hall–Kier alpha value is -2.43. The Morgan fingerprint density at radius 3 is 2.62 bits per heavy atom. The SMILES string of the molecule is O=C(NC1CCCCC1)c1cnc(N2CCc3ccccc32)nc1. The molecule has 124 valence electrons. The number of carbonyl (C=O) groups is 1. The van der Waals surface area contributed by atoms with Crippen LogP contribution >= 0.6 is 0 Å². The summed E-state index contributed by atoms with van der Waals surface area (Å²) in [4.78, 5) is 23.3. The van der Waals surface area contributed by atoms with E-state index in [0.29, 0.717) is 17.6 Å². The van der Waals surface area contributed by atoms with Crippen molar-refractivity contribution < 1.29 is 4.79 Å². The first-order valence-corrected chi connectivity index (χ1v) is 8.79. The van der Waals surface area contributed by atoms with Crippen LogP contribution in [0.4, 0.5) is 11.6 Å². The van der Waals surface area contributed by atoms with Gasteiger partial charge in [-0.05, 0) is 30.9 Å². The van der Waals surface area contributed by atoms with Crippen LogP contribution in [0.5, 0.6) is 0 Å². The lowest BCUT2D eigenvalue weighted by atomic mass is 9.95. The number of aromatic nitrogens is 2. The van der Waals surface area contributed by atoms with E-state index in [1.54, 1.807) is 12.4 Å². The van der Waals surface area contributed by atoms with Crippen molar-refractivity contribution in [2.24, 2.45) is 0 Å². The average Bonchev–Trinajstić information content (AvgIpc) is 3.07. The van der Waals surface area contributed by atoms with E-state index >= 15 is 0 Å². The number of rotatable bonds is 3. The number of para-hydroxylation sites is 1. The molecule has 1 N–H and O–H groups in total. The second-order valence-electron chi connectivity index (χ2n) is 6.61. The molecule has 5 nitrogen and oxygen atoms in total. The van der Waals surface area contributed by atoms with Crippen LogP contribution in [0, 0.1) is 0 Å². The van der Waals surface area contributed by atoms with E-state index in [9.17, 15) is 4.79 Å². The Balaban J connectivity index is 1.46.